The van der Waals surface area contributed by atoms with Gasteiger partial charge in [-0.25, -0.2) is 4.98 Å². The van der Waals surface area contributed by atoms with Crippen molar-refractivity contribution < 1.29 is 9.47 Å². The quantitative estimate of drug-likeness (QED) is 0.933. The SMILES string of the molecule is Cc1nc(Br)c(CCc2ccc3c(c2)OCCCO3)[nH]1. The molecule has 0 radical (unpaired) electrons. The van der Waals surface area contributed by atoms with E-state index < -0.39 is 0 Å². The summed E-state index contributed by atoms with van der Waals surface area (Å²) >= 11 is 3.47. The van der Waals surface area contributed by atoms with E-state index in [4.69, 9.17) is 9.47 Å². The van der Waals surface area contributed by atoms with Crippen LogP contribution in [-0.2, 0) is 12.8 Å². The first kappa shape index (κ1) is 13.5. The lowest BCUT2D eigenvalue weighted by molar-refractivity contribution is 0.297. The minimum absolute atomic E-state index is 0.724. The molecule has 1 N–H and O–H groups in total. The lowest BCUT2D eigenvalue weighted by atomic mass is 10.1. The van der Waals surface area contributed by atoms with Crippen LogP contribution in [0, 0.1) is 6.92 Å². The van der Waals surface area contributed by atoms with E-state index >= 15 is 0 Å². The van der Waals surface area contributed by atoms with Gasteiger partial charge in [0.15, 0.2) is 11.5 Å². The molecule has 3 rings (SSSR count). The number of rotatable bonds is 3. The number of hydrogen-bond acceptors (Lipinski definition) is 3. The molecule has 5 heteroatoms. The molecule has 0 saturated heterocycles. The van der Waals surface area contributed by atoms with Gasteiger partial charge >= 0.3 is 0 Å². The van der Waals surface area contributed by atoms with Crippen molar-refractivity contribution >= 4 is 15.9 Å². The average Bonchev–Trinajstić information content (AvgIpc) is 2.64. The maximum atomic E-state index is 5.71. The second-order valence-electron chi connectivity index (χ2n) is 4.92. The lowest BCUT2D eigenvalue weighted by Crippen LogP contribution is -1.97. The Bertz CT molecular complexity index is 610. The van der Waals surface area contributed by atoms with E-state index in [1.807, 2.05) is 13.0 Å². The van der Waals surface area contributed by atoms with Crippen molar-refractivity contribution in [1.82, 2.24) is 9.97 Å². The Labute approximate surface area is 126 Å². The van der Waals surface area contributed by atoms with Crippen molar-refractivity contribution in [2.45, 2.75) is 26.2 Å². The van der Waals surface area contributed by atoms with Gasteiger partial charge in [-0.2, -0.15) is 0 Å². The molecule has 1 aliphatic heterocycles. The standard InChI is InChI=1S/C15H17BrN2O2/c1-10-17-12(15(16)18-10)5-3-11-4-6-13-14(9-11)20-8-2-7-19-13/h4,6,9H,2-3,5,7-8H2,1H3,(H,17,18). The fraction of sp³-hybridized carbons (Fsp3) is 0.400. The van der Waals surface area contributed by atoms with Crippen LogP contribution in [0.15, 0.2) is 22.8 Å². The molecule has 106 valence electrons. The fourth-order valence-electron chi connectivity index (χ4n) is 2.31. The van der Waals surface area contributed by atoms with Gasteiger partial charge in [-0.05, 0) is 53.4 Å². The molecule has 0 fully saturated rings. The molecule has 1 aliphatic rings. The van der Waals surface area contributed by atoms with E-state index in [0.717, 1.165) is 60.1 Å². The van der Waals surface area contributed by atoms with Crippen LogP contribution in [0.2, 0.25) is 0 Å². The molecule has 0 unspecified atom stereocenters. The number of nitrogens with one attached hydrogen (secondary N) is 1. The number of fused-ring (bicyclic) bond motifs is 1. The first-order chi connectivity index (χ1) is 9.72. The number of halogens is 1. The second-order valence-corrected chi connectivity index (χ2v) is 5.67. The van der Waals surface area contributed by atoms with Crippen LogP contribution in [0.4, 0.5) is 0 Å². The zero-order valence-corrected chi connectivity index (χ0v) is 13.0. The van der Waals surface area contributed by atoms with Crippen molar-refractivity contribution in [1.29, 1.82) is 0 Å². The van der Waals surface area contributed by atoms with Crippen molar-refractivity contribution in [3.63, 3.8) is 0 Å². The smallest absolute Gasteiger partial charge is 0.161 e. The first-order valence-electron chi connectivity index (χ1n) is 6.82. The van der Waals surface area contributed by atoms with Gasteiger partial charge in [0.25, 0.3) is 0 Å². The number of aryl methyl sites for hydroxylation is 3. The summed E-state index contributed by atoms with van der Waals surface area (Å²) in [6.07, 6.45) is 2.79. The Morgan fingerprint density at radius 1 is 1.20 bits per heavy atom. The highest BCUT2D eigenvalue weighted by atomic mass is 79.9. The van der Waals surface area contributed by atoms with Crippen molar-refractivity contribution in [2.24, 2.45) is 0 Å². The maximum absolute atomic E-state index is 5.71. The Morgan fingerprint density at radius 3 is 2.75 bits per heavy atom. The summed E-state index contributed by atoms with van der Waals surface area (Å²) < 4.78 is 12.3. The Kier molecular flexibility index (Phi) is 3.96. The molecule has 1 aromatic heterocycles. The number of H-pyrrole nitrogens is 1. The molecule has 0 amide bonds. The van der Waals surface area contributed by atoms with E-state index in [0.29, 0.717) is 0 Å². The van der Waals surface area contributed by atoms with Crippen LogP contribution in [-0.4, -0.2) is 23.2 Å². The van der Waals surface area contributed by atoms with Gasteiger partial charge in [0.2, 0.25) is 0 Å². The number of imidazole rings is 1. The number of benzene rings is 1. The minimum atomic E-state index is 0.724. The first-order valence-corrected chi connectivity index (χ1v) is 7.61. The zero-order chi connectivity index (χ0) is 13.9. The summed E-state index contributed by atoms with van der Waals surface area (Å²) in [6.45, 7) is 3.41. The zero-order valence-electron chi connectivity index (χ0n) is 11.4. The van der Waals surface area contributed by atoms with Gasteiger partial charge in [-0.3, -0.25) is 0 Å². The molecule has 1 aromatic carbocycles. The third-order valence-corrected chi connectivity index (χ3v) is 3.98. The largest absolute Gasteiger partial charge is 0.490 e. The highest BCUT2D eigenvalue weighted by molar-refractivity contribution is 9.10. The average molecular weight is 337 g/mol. The second kappa shape index (κ2) is 5.87. The lowest BCUT2D eigenvalue weighted by Gasteiger charge is -2.09. The number of aromatic amines is 1. The van der Waals surface area contributed by atoms with Crippen LogP contribution in [0.1, 0.15) is 23.5 Å². The summed E-state index contributed by atoms with van der Waals surface area (Å²) in [5.74, 6) is 2.65. The minimum Gasteiger partial charge on any atom is -0.490 e. The van der Waals surface area contributed by atoms with Crippen LogP contribution in [0.5, 0.6) is 11.5 Å². The highest BCUT2D eigenvalue weighted by Gasteiger charge is 2.11. The van der Waals surface area contributed by atoms with Crippen molar-refractivity contribution in [3.05, 3.63) is 39.9 Å². The summed E-state index contributed by atoms with van der Waals surface area (Å²) in [7, 11) is 0. The summed E-state index contributed by atoms with van der Waals surface area (Å²) in [5, 5.41) is 0. The Balaban J connectivity index is 1.72. The molecule has 0 aliphatic carbocycles. The predicted octanol–water partition coefficient (Wildman–Crippen LogP) is 3.43. The van der Waals surface area contributed by atoms with Crippen molar-refractivity contribution in [2.75, 3.05) is 13.2 Å². The van der Waals surface area contributed by atoms with Gasteiger partial charge in [-0.1, -0.05) is 6.07 Å². The summed E-state index contributed by atoms with van der Waals surface area (Å²) in [4.78, 5) is 7.60. The third kappa shape index (κ3) is 2.98. The number of hydrogen-bond donors (Lipinski definition) is 1. The summed E-state index contributed by atoms with van der Waals surface area (Å²) in [5.41, 5.74) is 2.38. The fourth-order valence-corrected chi connectivity index (χ4v) is 2.87. The van der Waals surface area contributed by atoms with E-state index in [-0.39, 0.29) is 0 Å². The molecular formula is C15H17BrN2O2. The van der Waals surface area contributed by atoms with Crippen LogP contribution >= 0.6 is 15.9 Å². The van der Waals surface area contributed by atoms with Crippen LogP contribution in [0.25, 0.3) is 0 Å². The van der Waals surface area contributed by atoms with E-state index in [1.54, 1.807) is 0 Å². The topological polar surface area (TPSA) is 47.1 Å². The molecule has 0 atom stereocenters. The van der Waals surface area contributed by atoms with Gasteiger partial charge in [-0.15, -0.1) is 0 Å². The van der Waals surface area contributed by atoms with E-state index in [1.165, 1.54) is 5.56 Å². The molecule has 0 bridgehead atoms. The van der Waals surface area contributed by atoms with Crippen LogP contribution in [0.3, 0.4) is 0 Å². The number of nitrogens with zero attached hydrogens (tertiary/aromatic N) is 1. The molecule has 4 nitrogen and oxygen atoms in total. The number of ether oxygens (including phenoxy) is 2. The van der Waals surface area contributed by atoms with Gasteiger partial charge in [0, 0.05) is 12.1 Å². The summed E-state index contributed by atoms with van der Waals surface area (Å²) in [6, 6.07) is 6.19. The third-order valence-electron chi connectivity index (χ3n) is 3.32. The molecule has 20 heavy (non-hydrogen) atoms. The normalized spacial score (nSPS) is 14.1. The monoisotopic (exact) mass is 336 g/mol. The number of aromatic nitrogens is 2. The molecule has 2 aromatic rings. The molecule has 0 saturated carbocycles. The van der Waals surface area contributed by atoms with Gasteiger partial charge in [0.05, 0.1) is 13.2 Å². The van der Waals surface area contributed by atoms with E-state index in [2.05, 4.69) is 38.0 Å². The Morgan fingerprint density at radius 2 is 2.00 bits per heavy atom. The van der Waals surface area contributed by atoms with Crippen molar-refractivity contribution in [3.8, 4) is 11.5 Å². The van der Waals surface area contributed by atoms with Gasteiger partial charge < -0.3 is 14.5 Å². The van der Waals surface area contributed by atoms with E-state index in [9.17, 15) is 0 Å². The molecular weight excluding hydrogens is 320 g/mol. The molecule has 0 spiro atoms. The highest BCUT2D eigenvalue weighted by Crippen LogP contribution is 2.30. The van der Waals surface area contributed by atoms with Crippen LogP contribution < -0.4 is 9.47 Å². The predicted molar refractivity (Wildman–Crippen MR) is 80.5 cm³/mol. The molecule has 2 heterocycles. The maximum Gasteiger partial charge on any atom is 0.161 e. The Hall–Kier alpha value is -1.49. The van der Waals surface area contributed by atoms with Gasteiger partial charge in [0.1, 0.15) is 10.4 Å².